The highest BCUT2D eigenvalue weighted by Gasteiger charge is 2.31. The van der Waals surface area contributed by atoms with E-state index in [1.54, 1.807) is 7.11 Å². The summed E-state index contributed by atoms with van der Waals surface area (Å²) in [5.41, 5.74) is 1.56. The van der Waals surface area contributed by atoms with Crippen molar-refractivity contribution >= 4 is 11.6 Å². The fourth-order valence-electron chi connectivity index (χ4n) is 2.11. The standard InChI is InChI=1S/C14H19ClN2O/c1-9-6-12(18-5)11(15)7-10(9)13(17-4)14(2,3)8-16/h6-7,13,17H,1-5H3. The first-order valence-electron chi connectivity index (χ1n) is 5.80. The monoisotopic (exact) mass is 266 g/mol. The zero-order valence-electron chi connectivity index (χ0n) is 11.5. The van der Waals surface area contributed by atoms with Crippen LogP contribution in [0.1, 0.15) is 31.0 Å². The molecule has 0 heterocycles. The summed E-state index contributed by atoms with van der Waals surface area (Å²) >= 11 is 6.16. The van der Waals surface area contributed by atoms with Crippen molar-refractivity contribution in [2.24, 2.45) is 5.41 Å². The van der Waals surface area contributed by atoms with Crippen molar-refractivity contribution in [2.45, 2.75) is 26.8 Å². The fraction of sp³-hybridized carbons (Fsp3) is 0.500. The molecule has 0 fully saturated rings. The Morgan fingerprint density at radius 2 is 2.06 bits per heavy atom. The first kappa shape index (κ1) is 14.8. The summed E-state index contributed by atoms with van der Waals surface area (Å²) in [5, 5.41) is 13.0. The lowest BCUT2D eigenvalue weighted by molar-refractivity contribution is 0.342. The lowest BCUT2D eigenvalue weighted by atomic mass is 9.80. The van der Waals surface area contributed by atoms with Gasteiger partial charge >= 0.3 is 0 Å². The summed E-state index contributed by atoms with van der Waals surface area (Å²) in [7, 11) is 3.44. The van der Waals surface area contributed by atoms with Crippen molar-refractivity contribution in [1.82, 2.24) is 5.32 Å². The van der Waals surface area contributed by atoms with Gasteiger partial charge in [0, 0.05) is 0 Å². The van der Waals surface area contributed by atoms with Crippen molar-refractivity contribution in [3.63, 3.8) is 0 Å². The molecule has 0 amide bonds. The van der Waals surface area contributed by atoms with Gasteiger partial charge in [-0.1, -0.05) is 11.6 Å². The zero-order valence-corrected chi connectivity index (χ0v) is 12.2. The maximum Gasteiger partial charge on any atom is 0.137 e. The van der Waals surface area contributed by atoms with Crippen LogP contribution < -0.4 is 10.1 Å². The third-order valence-corrected chi connectivity index (χ3v) is 3.45. The van der Waals surface area contributed by atoms with Crippen molar-refractivity contribution in [1.29, 1.82) is 5.26 Å². The van der Waals surface area contributed by atoms with Crippen molar-refractivity contribution in [3.05, 3.63) is 28.3 Å². The zero-order chi connectivity index (χ0) is 13.9. The largest absolute Gasteiger partial charge is 0.495 e. The molecule has 18 heavy (non-hydrogen) atoms. The van der Waals surface area contributed by atoms with E-state index in [1.165, 1.54) is 0 Å². The molecule has 0 aliphatic rings. The van der Waals surface area contributed by atoms with Crippen molar-refractivity contribution < 1.29 is 4.74 Å². The molecule has 1 N–H and O–H groups in total. The molecule has 1 unspecified atom stereocenters. The van der Waals surface area contributed by atoms with E-state index >= 15 is 0 Å². The third-order valence-electron chi connectivity index (χ3n) is 3.15. The average molecular weight is 267 g/mol. The molecule has 0 radical (unpaired) electrons. The maximum absolute atomic E-state index is 9.27. The number of rotatable bonds is 4. The number of halogens is 1. The van der Waals surface area contributed by atoms with Gasteiger partial charge in [0.05, 0.1) is 29.7 Å². The summed E-state index contributed by atoms with van der Waals surface area (Å²) in [6.45, 7) is 5.81. The van der Waals surface area contributed by atoms with Crippen LogP contribution in [0.25, 0.3) is 0 Å². The Morgan fingerprint density at radius 3 is 2.50 bits per heavy atom. The number of aryl methyl sites for hydroxylation is 1. The Morgan fingerprint density at radius 1 is 1.44 bits per heavy atom. The molecule has 0 aromatic heterocycles. The molecule has 3 nitrogen and oxygen atoms in total. The highest BCUT2D eigenvalue weighted by Crippen LogP contribution is 2.38. The Labute approximate surface area is 114 Å². The van der Waals surface area contributed by atoms with E-state index in [1.807, 2.05) is 40.0 Å². The smallest absolute Gasteiger partial charge is 0.137 e. The van der Waals surface area contributed by atoms with Gasteiger partial charge in [-0.25, -0.2) is 0 Å². The van der Waals surface area contributed by atoms with Gasteiger partial charge in [-0.3, -0.25) is 0 Å². The van der Waals surface area contributed by atoms with E-state index in [-0.39, 0.29) is 6.04 Å². The fourth-order valence-corrected chi connectivity index (χ4v) is 2.36. The molecule has 0 bridgehead atoms. The number of nitrogens with one attached hydrogen (secondary N) is 1. The molecule has 98 valence electrons. The van der Waals surface area contributed by atoms with Crippen LogP contribution in [0, 0.1) is 23.7 Å². The van der Waals surface area contributed by atoms with E-state index in [2.05, 4.69) is 11.4 Å². The van der Waals surface area contributed by atoms with Gasteiger partial charge in [-0.15, -0.1) is 0 Å². The molecule has 0 saturated carbocycles. The summed E-state index contributed by atoms with van der Waals surface area (Å²) in [6, 6.07) is 6.02. The van der Waals surface area contributed by atoms with Gasteiger partial charge in [0.1, 0.15) is 5.75 Å². The van der Waals surface area contributed by atoms with Crippen LogP contribution in [0.5, 0.6) is 5.75 Å². The van der Waals surface area contributed by atoms with Crippen LogP contribution in [0.4, 0.5) is 0 Å². The van der Waals surface area contributed by atoms with E-state index < -0.39 is 5.41 Å². The number of benzene rings is 1. The van der Waals surface area contributed by atoms with E-state index in [0.717, 1.165) is 11.1 Å². The lowest BCUT2D eigenvalue weighted by Crippen LogP contribution is -2.31. The number of hydrogen-bond donors (Lipinski definition) is 1. The van der Waals surface area contributed by atoms with Gasteiger partial charge in [0.2, 0.25) is 0 Å². The molecule has 1 aromatic carbocycles. The van der Waals surface area contributed by atoms with Crippen LogP contribution in [-0.4, -0.2) is 14.2 Å². The van der Waals surface area contributed by atoms with E-state index in [0.29, 0.717) is 10.8 Å². The first-order chi connectivity index (χ1) is 8.37. The maximum atomic E-state index is 9.27. The topological polar surface area (TPSA) is 45.0 Å². The summed E-state index contributed by atoms with van der Waals surface area (Å²) in [4.78, 5) is 0. The van der Waals surface area contributed by atoms with E-state index in [4.69, 9.17) is 16.3 Å². The van der Waals surface area contributed by atoms with Crippen molar-refractivity contribution in [3.8, 4) is 11.8 Å². The number of hydrogen-bond acceptors (Lipinski definition) is 3. The second kappa shape index (κ2) is 5.60. The van der Waals surface area contributed by atoms with E-state index in [9.17, 15) is 5.26 Å². The number of methoxy groups -OCH3 is 1. The second-order valence-corrected chi connectivity index (χ2v) is 5.31. The highest BCUT2D eigenvalue weighted by molar-refractivity contribution is 6.32. The molecule has 0 spiro atoms. The minimum Gasteiger partial charge on any atom is -0.495 e. The molecule has 0 aliphatic carbocycles. The van der Waals surface area contributed by atoms with Gasteiger partial charge < -0.3 is 10.1 Å². The normalized spacial score (nSPS) is 12.9. The van der Waals surface area contributed by atoms with Crippen LogP contribution in [0.15, 0.2) is 12.1 Å². The van der Waals surface area contributed by atoms with Crippen LogP contribution in [-0.2, 0) is 0 Å². The average Bonchev–Trinajstić information content (AvgIpc) is 2.33. The first-order valence-corrected chi connectivity index (χ1v) is 6.17. The second-order valence-electron chi connectivity index (χ2n) is 4.90. The highest BCUT2D eigenvalue weighted by atomic mass is 35.5. The Bertz CT molecular complexity index is 477. The molecule has 1 rings (SSSR count). The summed E-state index contributed by atoms with van der Waals surface area (Å²) in [5.74, 6) is 0.655. The molecule has 1 aromatic rings. The summed E-state index contributed by atoms with van der Waals surface area (Å²) < 4.78 is 5.19. The minimum atomic E-state index is -0.516. The number of nitriles is 1. The Hall–Kier alpha value is -1.24. The predicted molar refractivity (Wildman–Crippen MR) is 73.9 cm³/mol. The molecular weight excluding hydrogens is 248 g/mol. The molecular formula is C14H19ClN2O. The lowest BCUT2D eigenvalue weighted by Gasteiger charge is -2.29. The quantitative estimate of drug-likeness (QED) is 0.908. The van der Waals surface area contributed by atoms with Gasteiger partial charge in [-0.2, -0.15) is 5.26 Å². The number of nitrogens with zero attached hydrogens (tertiary/aromatic N) is 1. The summed E-state index contributed by atoms with van der Waals surface area (Å²) in [6.07, 6.45) is 0. The molecule has 0 aliphatic heterocycles. The molecule has 4 heteroatoms. The Balaban J connectivity index is 3.32. The molecule has 1 atom stereocenters. The minimum absolute atomic E-state index is 0.0779. The Kier molecular flexibility index (Phi) is 4.61. The number of ether oxygens (including phenoxy) is 1. The third kappa shape index (κ3) is 2.77. The predicted octanol–water partition coefficient (Wildman–Crippen LogP) is 3.47. The van der Waals surface area contributed by atoms with Crippen LogP contribution >= 0.6 is 11.6 Å². The van der Waals surface area contributed by atoms with Crippen LogP contribution in [0.3, 0.4) is 0 Å². The van der Waals surface area contributed by atoms with Crippen LogP contribution in [0.2, 0.25) is 5.02 Å². The SMILES string of the molecule is CNC(c1cc(Cl)c(OC)cc1C)C(C)(C)C#N. The van der Waals surface area contributed by atoms with Gasteiger partial charge in [0.15, 0.2) is 0 Å². The van der Waals surface area contributed by atoms with Gasteiger partial charge in [-0.05, 0) is 51.1 Å². The van der Waals surface area contributed by atoms with Gasteiger partial charge in [0.25, 0.3) is 0 Å². The van der Waals surface area contributed by atoms with Crippen molar-refractivity contribution in [2.75, 3.05) is 14.2 Å². The molecule has 0 saturated heterocycles.